The van der Waals surface area contributed by atoms with E-state index in [0.29, 0.717) is 48.8 Å². The van der Waals surface area contributed by atoms with Gasteiger partial charge in [-0.3, -0.25) is 9.80 Å². The molecule has 4 aliphatic heterocycles. The Kier molecular flexibility index (Phi) is 26.4. The zero-order chi connectivity index (χ0) is 39.4. The highest BCUT2D eigenvalue weighted by Gasteiger charge is 2.41. The van der Waals surface area contributed by atoms with Crippen molar-refractivity contribution in [2.24, 2.45) is 23.7 Å². The minimum Gasteiger partial charge on any atom is -0.493 e. The van der Waals surface area contributed by atoms with Crippen LogP contribution in [0.3, 0.4) is 0 Å². The van der Waals surface area contributed by atoms with Crippen molar-refractivity contribution >= 4 is 15.9 Å². The van der Waals surface area contributed by atoms with Gasteiger partial charge < -0.3 is 33.9 Å². The van der Waals surface area contributed by atoms with E-state index in [-0.39, 0.29) is 48.5 Å². The third-order valence-corrected chi connectivity index (χ3v) is 11.9. The molecule has 58 heavy (non-hydrogen) atoms. The third kappa shape index (κ3) is 14.4. The normalized spacial score (nSPS) is 23.1. The van der Waals surface area contributed by atoms with E-state index < -0.39 is 0 Å². The minimum absolute atomic E-state index is 0. The highest BCUT2D eigenvalue weighted by molar-refractivity contribution is 9.09. The Balaban J connectivity index is 0.000000972. The van der Waals surface area contributed by atoms with Gasteiger partial charge in [0.05, 0.1) is 40.6 Å². The summed E-state index contributed by atoms with van der Waals surface area (Å²) >= 11 is 3.13. The van der Waals surface area contributed by atoms with Crippen molar-refractivity contribution < 1.29 is 33.9 Å². The number of benzene rings is 2. The van der Waals surface area contributed by atoms with Gasteiger partial charge in [-0.1, -0.05) is 79.4 Å². The molecule has 2 N–H and O–H groups in total. The number of aliphatic hydroxyl groups is 2. The van der Waals surface area contributed by atoms with Crippen LogP contribution in [0, 0.1) is 23.7 Å². The fourth-order valence-electron chi connectivity index (χ4n) is 9.00. The fourth-order valence-corrected chi connectivity index (χ4v) is 9.00. The number of hydrogen-bond donors (Lipinski definition) is 2. The monoisotopic (exact) mass is 881 g/mol. The van der Waals surface area contributed by atoms with Crippen LogP contribution in [0.2, 0.25) is 0 Å². The molecule has 0 amide bonds. The number of halogens is 1. The summed E-state index contributed by atoms with van der Waals surface area (Å²) in [7, 11) is 6.76. The van der Waals surface area contributed by atoms with Crippen LogP contribution < -0.4 is 18.9 Å². The maximum absolute atomic E-state index is 10.6. The second-order valence-electron chi connectivity index (χ2n) is 16.1. The highest BCUT2D eigenvalue weighted by Crippen LogP contribution is 2.45. The van der Waals surface area contributed by atoms with Gasteiger partial charge in [0, 0.05) is 56.8 Å². The lowest BCUT2D eigenvalue weighted by atomic mass is 9.79. The molecule has 10 heteroatoms. The SMILES string of the molecule is C.C.C.C.C=CCBr.COc1cc2c(cc1OC)[C@H]1C[C@@H](O)[C@H](CC(C)C)CN1CC2.COc1cc2c(cc1OC)[C@H]1C[C@@H](OCCCO)[C@H](CC(C)C)CN1CC2. The van der Waals surface area contributed by atoms with Crippen LogP contribution in [0.4, 0.5) is 0 Å². The van der Waals surface area contributed by atoms with E-state index in [2.05, 4.69) is 84.3 Å². The molecular weight excluding hydrogens is 796 g/mol. The minimum atomic E-state index is -0.210. The van der Waals surface area contributed by atoms with Gasteiger partial charge in [0.25, 0.3) is 0 Å². The van der Waals surface area contributed by atoms with Crippen LogP contribution in [0.1, 0.15) is 124 Å². The molecule has 0 unspecified atom stereocenters. The summed E-state index contributed by atoms with van der Waals surface area (Å²) in [6.45, 7) is 17.6. The number of methoxy groups -OCH3 is 4. The molecule has 336 valence electrons. The van der Waals surface area contributed by atoms with E-state index in [1.165, 1.54) is 28.7 Å². The van der Waals surface area contributed by atoms with Crippen molar-refractivity contribution in [3.63, 3.8) is 0 Å². The zero-order valence-electron chi connectivity index (χ0n) is 34.3. The Morgan fingerprint density at radius 2 is 1.14 bits per heavy atom. The quantitative estimate of drug-likeness (QED) is 0.116. The molecule has 0 spiro atoms. The lowest BCUT2D eigenvalue weighted by molar-refractivity contribution is -0.0662. The summed E-state index contributed by atoms with van der Waals surface area (Å²) in [4.78, 5) is 5.18. The molecule has 9 nitrogen and oxygen atoms in total. The third-order valence-electron chi connectivity index (χ3n) is 11.4. The molecule has 2 aromatic rings. The fraction of sp³-hybridized carbons (Fsp3) is 0.708. The molecule has 0 aliphatic carbocycles. The number of nitrogens with zero attached hydrogens (tertiary/aromatic N) is 2. The Hall–Kier alpha value is -2.34. The zero-order valence-corrected chi connectivity index (χ0v) is 35.9. The molecule has 0 saturated carbocycles. The Bertz CT molecular complexity index is 1460. The number of hydrogen-bond acceptors (Lipinski definition) is 9. The molecule has 6 rings (SSSR count). The first kappa shape index (κ1) is 55.7. The van der Waals surface area contributed by atoms with Crippen LogP contribution in [0.25, 0.3) is 0 Å². The van der Waals surface area contributed by atoms with Crippen molar-refractivity contribution in [1.82, 2.24) is 9.80 Å². The first-order chi connectivity index (χ1) is 26.0. The van der Waals surface area contributed by atoms with Gasteiger partial charge in [-0.25, -0.2) is 0 Å². The molecule has 2 aromatic carbocycles. The van der Waals surface area contributed by atoms with Gasteiger partial charge >= 0.3 is 0 Å². The van der Waals surface area contributed by atoms with Crippen molar-refractivity contribution in [3.8, 4) is 23.0 Å². The molecule has 2 saturated heterocycles. The second kappa shape index (κ2) is 27.5. The smallest absolute Gasteiger partial charge is 0.161 e. The van der Waals surface area contributed by atoms with E-state index in [9.17, 15) is 5.11 Å². The van der Waals surface area contributed by atoms with Crippen LogP contribution >= 0.6 is 15.9 Å². The lowest BCUT2D eigenvalue weighted by Crippen LogP contribution is -2.49. The molecule has 0 radical (unpaired) electrons. The second-order valence-corrected chi connectivity index (χ2v) is 16.7. The van der Waals surface area contributed by atoms with E-state index >= 15 is 0 Å². The van der Waals surface area contributed by atoms with Gasteiger partial charge in [-0.15, -0.1) is 6.58 Å². The van der Waals surface area contributed by atoms with Crippen LogP contribution in [0.5, 0.6) is 23.0 Å². The number of ether oxygens (including phenoxy) is 5. The molecular formula is C48H85BrN2O7. The van der Waals surface area contributed by atoms with Crippen LogP contribution in [-0.2, 0) is 17.6 Å². The van der Waals surface area contributed by atoms with Gasteiger partial charge in [0.1, 0.15) is 0 Å². The number of alkyl halides is 1. The van der Waals surface area contributed by atoms with Crippen LogP contribution in [-0.4, -0.2) is 105 Å². The van der Waals surface area contributed by atoms with E-state index in [1.807, 2.05) is 0 Å². The average Bonchev–Trinajstić information content (AvgIpc) is 3.17. The number of piperidine rings is 2. The number of rotatable bonds is 13. The maximum Gasteiger partial charge on any atom is 0.161 e. The number of aliphatic hydroxyl groups excluding tert-OH is 2. The Morgan fingerprint density at radius 3 is 1.55 bits per heavy atom. The standard InChI is InChI=1S/C22H35NO4.C19H29NO3.C3H5Br.4CH4/c1-15(2)10-17-14-23-7-6-16-11-21(25-3)22(26-4)12-18(16)19(23)13-20(17)27-9-5-8-24;1-12(2)7-14-11-20-6-5-13-8-18(22-3)19(23-4)9-15(13)16(20)10-17(14)21;1-2-3-4;;;;/h11-12,15,17,19-20,24H,5-10,13-14H2,1-4H3;8-9,12,14,16-17,21H,5-7,10-11H2,1-4H3;2H,1,3H2;4*1H4/t17-,19-,20-;14-,16-,17-;;;;;/m11...../s1. The number of fused-ring (bicyclic) bond motifs is 6. The summed E-state index contributed by atoms with van der Waals surface area (Å²) in [5.41, 5.74) is 5.36. The van der Waals surface area contributed by atoms with Crippen molar-refractivity contribution in [2.45, 2.75) is 127 Å². The first-order valence-corrected chi connectivity index (χ1v) is 21.2. The predicted molar refractivity (Wildman–Crippen MR) is 249 cm³/mol. The van der Waals surface area contributed by atoms with Crippen molar-refractivity contribution in [3.05, 3.63) is 59.2 Å². The Morgan fingerprint density at radius 1 is 0.724 bits per heavy atom. The van der Waals surface area contributed by atoms with Gasteiger partial charge in [-0.2, -0.15) is 0 Å². The van der Waals surface area contributed by atoms with Gasteiger partial charge in [-0.05, 0) is 115 Å². The van der Waals surface area contributed by atoms with E-state index in [0.717, 1.165) is 86.6 Å². The maximum atomic E-state index is 10.6. The molecule has 2 fully saturated rings. The molecule has 0 bridgehead atoms. The van der Waals surface area contributed by atoms with Crippen LogP contribution in [0.15, 0.2) is 36.9 Å². The summed E-state index contributed by atoms with van der Waals surface area (Å²) < 4.78 is 28.2. The van der Waals surface area contributed by atoms with Crippen molar-refractivity contribution in [2.75, 3.05) is 73.2 Å². The van der Waals surface area contributed by atoms with Gasteiger partial charge in [0.15, 0.2) is 23.0 Å². The first-order valence-electron chi connectivity index (χ1n) is 20.1. The predicted octanol–water partition coefficient (Wildman–Crippen LogP) is 10.6. The van der Waals surface area contributed by atoms with Crippen molar-refractivity contribution in [1.29, 1.82) is 0 Å². The summed E-state index contributed by atoms with van der Waals surface area (Å²) in [6, 6.07) is 9.21. The molecule has 4 aliphatic rings. The molecule has 6 atom stereocenters. The van der Waals surface area contributed by atoms with Gasteiger partial charge in [0.2, 0.25) is 0 Å². The highest BCUT2D eigenvalue weighted by atomic mass is 79.9. The average molecular weight is 882 g/mol. The summed E-state index contributed by atoms with van der Waals surface area (Å²) in [5.74, 6) is 5.45. The van der Waals surface area contributed by atoms with E-state index in [4.69, 9.17) is 28.8 Å². The summed E-state index contributed by atoms with van der Waals surface area (Å²) in [5, 5.41) is 20.6. The van der Waals surface area contributed by atoms with E-state index in [1.54, 1.807) is 34.5 Å². The lowest BCUT2D eigenvalue weighted by Gasteiger charge is -2.47. The topological polar surface area (TPSA) is 93.1 Å². The summed E-state index contributed by atoms with van der Waals surface area (Å²) in [6.07, 6.45) is 8.74. The Labute approximate surface area is 363 Å². The number of allylic oxidation sites excluding steroid dienone is 1. The largest absolute Gasteiger partial charge is 0.493 e. The molecule has 4 heterocycles. The molecule has 0 aromatic heterocycles.